The van der Waals surface area contributed by atoms with Crippen LogP contribution < -0.4 is 9.62 Å². The summed E-state index contributed by atoms with van der Waals surface area (Å²) in [5, 5.41) is 14.2. The monoisotopic (exact) mass is 516 g/mol. The molecule has 1 fully saturated rings. The molecular formula is C25H32N4O6S. The van der Waals surface area contributed by atoms with Gasteiger partial charge in [-0.05, 0) is 38.3 Å². The average molecular weight is 517 g/mol. The van der Waals surface area contributed by atoms with Crippen LogP contribution in [0.2, 0.25) is 0 Å². The van der Waals surface area contributed by atoms with Gasteiger partial charge in [-0.2, -0.15) is 0 Å². The van der Waals surface area contributed by atoms with E-state index in [1.165, 1.54) is 23.1 Å². The number of carbonyl (C=O) groups is 2. The quantitative estimate of drug-likeness (QED) is 0.381. The van der Waals surface area contributed by atoms with E-state index in [-0.39, 0.29) is 29.9 Å². The first-order valence-electron chi connectivity index (χ1n) is 11.8. The zero-order valence-electron chi connectivity index (χ0n) is 20.7. The van der Waals surface area contributed by atoms with Crippen LogP contribution in [0.1, 0.15) is 43.7 Å². The van der Waals surface area contributed by atoms with E-state index in [4.69, 9.17) is 0 Å². The van der Waals surface area contributed by atoms with Crippen LogP contribution in [0, 0.1) is 17.0 Å². The lowest BCUT2D eigenvalue weighted by molar-refractivity contribution is -0.384. The molecule has 0 radical (unpaired) electrons. The largest absolute Gasteiger partial charge is 0.352 e. The van der Waals surface area contributed by atoms with Crippen molar-refractivity contribution in [2.45, 2.75) is 58.2 Å². The number of aryl methyl sites for hydroxylation is 1. The number of carbonyl (C=O) groups excluding carboxylic acids is 2. The van der Waals surface area contributed by atoms with Crippen molar-refractivity contribution in [1.29, 1.82) is 0 Å². The molecule has 2 aromatic rings. The fraction of sp³-hybridized carbons (Fsp3) is 0.440. The number of benzene rings is 2. The molecule has 0 bridgehead atoms. The van der Waals surface area contributed by atoms with E-state index in [2.05, 4.69) is 5.32 Å². The Kier molecular flexibility index (Phi) is 8.67. The molecule has 2 aromatic carbocycles. The lowest BCUT2D eigenvalue weighted by Gasteiger charge is -2.32. The van der Waals surface area contributed by atoms with E-state index in [9.17, 15) is 28.1 Å². The Hall–Kier alpha value is -3.47. The third-order valence-corrected chi connectivity index (χ3v) is 7.45. The van der Waals surface area contributed by atoms with Crippen LogP contribution >= 0.6 is 0 Å². The third-order valence-electron chi connectivity index (χ3n) is 6.31. The fourth-order valence-corrected chi connectivity index (χ4v) is 5.20. The van der Waals surface area contributed by atoms with Crippen LogP contribution in [0.15, 0.2) is 48.5 Å². The highest BCUT2D eigenvalue weighted by molar-refractivity contribution is 7.92. The Balaban J connectivity index is 1.90. The second-order valence-corrected chi connectivity index (χ2v) is 11.1. The number of nitro benzene ring substituents is 1. The standard InChI is InChI=1S/C25H32N4O6S/c1-18-8-6-9-20(14-18)16-27(19(2)25(31)26-21-10-4-5-11-21)24(30)17-28(36(3,34)35)22-12-7-13-23(15-22)29(32)33/h6-9,12-15,19,21H,4-5,10-11,16-17H2,1-3H3,(H,26,31)/t19-/m0/s1. The molecule has 1 atom stereocenters. The summed E-state index contributed by atoms with van der Waals surface area (Å²) < 4.78 is 26.1. The van der Waals surface area contributed by atoms with Crippen molar-refractivity contribution in [2.24, 2.45) is 0 Å². The number of amides is 2. The van der Waals surface area contributed by atoms with Crippen LogP contribution in [-0.2, 0) is 26.2 Å². The summed E-state index contributed by atoms with van der Waals surface area (Å²) in [5.74, 6) is -0.897. The maximum Gasteiger partial charge on any atom is 0.271 e. The molecule has 1 saturated carbocycles. The number of nitrogens with zero attached hydrogens (tertiary/aromatic N) is 3. The minimum atomic E-state index is -3.97. The maximum atomic E-state index is 13.6. The van der Waals surface area contributed by atoms with E-state index < -0.39 is 33.4 Å². The first-order chi connectivity index (χ1) is 17.0. The van der Waals surface area contributed by atoms with Crippen LogP contribution in [0.3, 0.4) is 0 Å². The average Bonchev–Trinajstić information content (AvgIpc) is 3.32. The minimum Gasteiger partial charge on any atom is -0.352 e. The molecule has 1 aliphatic carbocycles. The molecule has 1 aliphatic rings. The summed E-state index contributed by atoms with van der Waals surface area (Å²) in [4.78, 5) is 38.6. The van der Waals surface area contributed by atoms with Gasteiger partial charge >= 0.3 is 0 Å². The van der Waals surface area contributed by atoms with Gasteiger partial charge < -0.3 is 10.2 Å². The van der Waals surface area contributed by atoms with Gasteiger partial charge in [0.15, 0.2) is 0 Å². The molecule has 36 heavy (non-hydrogen) atoms. The predicted octanol–water partition coefficient (Wildman–Crippen LogP) is 3.15. The van der Waals surface area contributed by atoms with Crippen LogP contribution in [0.25, 0.3) is 0 Å². The molecule has 0 unspecified atom stereocenters. The molecule has 0 saturated heterocycles. The normalized spacial score (nSPS) is 14.8. The van der Waals surface area contributed by atoms with Crippen molar-refractivity contribution in [3.05, 3.63) is 69.8 Å². The molecule has 0 aliphatic heterocycles. The Morgan fingerprint density at radius 3 is 2.42 bits per heavy atom. The highest BCUT2D eigenvalue weighted by Crippen LogP contribution is 2.24. The molecule has 0 aromatic heterocycles. The minimum absolute atomic E-state index is 0.00128. The predicted molar refractivity (Wildman–Crippen MR) is 137 cm³/mol. The smallest absolute Gasteiger partial charge is 0.271 e. The lowest BCUT2D eigenvalue weighted by atomic mass is 10.1. The van der Waals surface area contributed by atoms with Crippen molar-refractivity contribution < 1.29 is 22.9 Å². The molecule has 0 heterocycles. The van der Waals surface area contributed by atoms with E-state index in [0.717, 1.165) is 53.4 Å². The number of sulfonamides is 1. The summed E-state index contributed by atoms with van der Waals surface area (Å²) in [5.41, 5.74) is 1.48. The number of nitrogens with one attached hydrogen (secondary N) is 1. The number of nitro groups is 1. The van der Waals surface area contributed by atoms with Crippen molar-refractivity contribution >= 4 is 33.2 Å². The van der Waals surface area contributed by atoms with Crippen molar-refractivity contribution in [2.75, 3.05) is 17.1 Å². The second-order valence-electron chi connectivity index (χ2n) is 9.22. The number of hydrogen-bond acceptors (Lipinski definition) is 6. The van der Waals surface area contributed by atoms with E-state index in [1.807, 2.05) is 31.2 Å². The zero-order chi connectivity index (χ0) is 26.5. The van der Waals surface area contributed by atoms with Crippen LogP contribution in [0.4, 0.5) is 11.4 Å². The summed E-state index contributed by atoms with van der Waals surface area (Å²) >= 11 is 0. The molecule has 10 nitrogen and oxygen atoms in total. The Morgan fingerprint density at radius 2 is 1.81 bits per heavy atom. The van der Waals surface area contributed by atoms with Crippen LogP contribution in [-0.4, -0.2) is 54.9 Å². The molecule has 2 amide bonds. The number of non-ortho nitro benzene ring substituents is 1. The molecular weight excluding hydrogens is 484 g/mol. The second kappa shape index (κ2) is 11.5. The fourth-order valence-electron chi connectivity index (χ4n) is 4.36. The van der Waals surface area contributed by atoms with Gasteiger partial charge in [-0.1, -0.05) is 48.7 Å². The molecule has 1 N–H and O–H groups in total. The van der Waals surface area contributed by atoms with Gasteiger partial charge in [0.2, 0.25) is 21.8 Å². The first kappa shape index (κ1) is 27.1. The summed E-state index contributed by atoms with van der Waals surface area (Å²) in [6.45, 7) is 3.04. The van der Waals surface area contributed by atoms with Crippen LogP contribution in [0.5, 0.6) is 0 Å². The molecule has 194 valence electrons. The van der Waals surface area contributed by atoms with Crippen molar-refractivity contribution in [3.8, 4) is 0 Å². The zero-order valence-corrected chi connectivity index (χ0v) is 21.5. The van der Waals surface area contributed by atoms with Crippen molar-refractivity contribution in [3.63, 3.8) is 0 Å². The van der Waals surface area contributed by atoms with Gasteiger partial charge in [0.05, 0.1) is 16.9 Å². The summed E-state index contributed by atoms with van der Waals surface area (Å²) in [6.07, 6.45) is 4.79. The van der Waals surface area contributed by atoms with Gasteiger partial charge in [-0.25, -0.2) is 8.42 Å². The van der Waals surface area contributed by atoms with E-state index in [1.54, 1.807) is 6.92 Å². The molecule has 11 heteroatoms. The van der Waals surface area contributed by atoms with Gasteiger partial charge in [-0.15, -0.1) is 0 Å². The topological polar surface area (TPSA) is 130 Å². The van der Waals surface area contributed by atoms with Gasteiger partial charge in [0.1, 0.15) is 12.6 Å². The Labute approximate surface area is 211 Å². The van der Waals surface area contributed by atoms with E-state index in [0.29, 0.717) is 0 Å². The number of anilines is 1. The maximum absolute atomic E-state index is 13.6. The van der Waals surface area contributed by atoms with Crippen molar-refractivity contribution in [1.82, 2.24) is 10.2 Å². The van der Waals surface area contributed by atoms with Gasteiger partial charge in [0.25, 0.3) is 5.69 Å². The van der Waals surface area contributed by atoms with Gasteiger partial charge in [-0.3, -0.25) is 24.0 Å². The Morgan fingerprint density at radius 1 is 1.14 bits per heavy atom. The first-order valence-corrected chi connectivity index (χ1v) is 13.7. The van der Waals surface area contributed by atoms with E-state index >= 15 is 0 Å². The highest BCUT2D eigenvalue weighted by atomic mass is 32.2. The van der Waals surface area contributed by atoms with Gasteiger partial charge in [0, 0.05) is 24.7 Å². The lowest BCUT2D eigenvalue weighted by Crippen LogP contribution is -2.52. The highest BCUT2D eigenvalue weighted by Gasteiger charge is 2.31. The molecule has 0 spiro atoms. The number of rotatable bonds is 10. The Bertz CT molecular complexity index is 1230. The number of hydrogen-bond donors (Lipinski definition) is 1. The SMILES string of the molecule is Cc1cccc(CN(C(=O)CN(c2cccc([N+](=O)[O-])c2)S(C)(=O)=O)[C@@H](C)C(=O)NC2CCCC2)c1. The molecule has 3 rings (SSSR count). The summed E-state index contributed by atoms with van der Waals surface area (Å²) in [7, 11) is -3.97. The third kappa shape index (κ3) is 7.03. The summed E-state index contributed by atoms with van der Waals surface area (Å²) in [6, 6.07) is 11.8.